The average Bonchev–Trinajstić information content (AvgIpc) is 3.19. The predicted molar refractivity (Wildman–Crippen MR) is 69.2 cm³/mol. The molecule has 1 aliphatic carbocycles. The highest BCUT2D eigenvalue weighted by molar-refractivity contribution is 7.89. The van der Waals surface area contributed by atoms with Crippen molar-refractivity contribution in [2.24, 2.45) is 0 Å². The van der Waals surface area contributed by atoms with Crippen LogP contribution in [0.1, 0.15) is 23.2 Å². The summed E-state index contributed by atoms with van der Waals surface area (Å²) in [6.45, 7) is 0.0334. The number of carbonyl (C=O) groups excluding carboxylic acids is 1. The summed E-state index contributed by atoms with van der Waals surface area (Å²) in [6, 6.07) is 5.76. The highest BCUT2D eigenvalue weighted by atomic mass is 32.2. The van der Waals surface area contributed by atoms with Gasteiger partial charge in [0.15, 0.2) is 0 Å². The van der Waals surface area contributed by atoms with E-state index in [1.54, 1.807) is 0 Å². The number of benzene rings is 1. The number of hydrogen-bond donors (Lipinski definition) is 3. The van der Waals surface area contributed by atoms with Crippen LogP contribution in [-0.2, 0) is 10.0 Å². The Labute approximate surface area is 111 Å². The summed E-state index contributed by atoms with van der Waals surface area (Å²) in [5.74, 6) is -0.340. The number of aliphatic hydroxyl groups is 1. The lowest BCUT2D eigenvalue weighted by Gasteiger charge is -2.07. The molecule has 1 saturated carbocycles. The molecule has 0 saturated heterocycles. The zero-order valence-corrected chi connectivity index (χ0v) is 11.1. The van der Waals surface area contributed by atoms with E-state index in [9.17, 15) is 13.2 Å². The van der Waals surface area contributed by atoms with Crippen LogP contribution in [0.3, 0.4) is 0 Å². The molecular weight excluding hydrogens is 268 g/mol. The van der Waals surface area contributed by atoms with Gasteiger partial charge in [0.2, 0.25) is 10.0 Å². The smallest absolute Gasteiger partial charge is 0.251 e. The molecule has 0 aliphatic heterocycles. The van der Waals surface area contributed by atoms with Gasteiger partial charge in [0.25, 0.3) is 5.91 Å². The van der Waals surface area contributed by atoms with Gasteiger partial charge >= 0.3 is 0 Å². The topological polar surface area (TPSA) is 95.5 Å². The molecule has 1 aromatic rings. The van der Waals surface area contributed by atoms with Crippen molar-refractivity contribution in [3.63, 3.8) is 0 Å². The van der Waals surface area contributed by atoms with Gasteiger partial charge < -0.3 is 10.4 Å². The first-order chi connectivity index (χ1) is 9.03. The Balaban J connectivity index is 2.07. The molecule has 2 rings (SSSR count). The fourth-order valence-corrected chi connectivity index (χ4v) is 2.85. The molecule has 0 heterocycles. The van der Waals surface area contributed by atoms with E-state index >= 15 is 0 Å². The van der Waals surface area contributed by atoms with Crippen LogP contribution >= 0.6 is 0 Å². The number of sulfonamides is 1. The first-order valence-corrected chi connectivity index (χ1v) is 7.53. The molecule has 1 amide bonds. The lowest BCUT2D eigenvalue weighted by molar-refractivity contribution is 0.0944. The molecule has 1 fully saturated rings. The van der Waals surface area contributed by atoms with Crippen molar-refractivity contribution in [3.05, 3.63) is 29.8 Å². The minimum Gasteiger partial charge on any atom is -0.395 e. The van der Waals surface area contributed by atoms with E-state index in [4.69, 9.17) is 5.11 Å². The van der Waals surface area contributed by atoms with E-state index < -0.39 is 10.0 Å². The van der Waals surface area contributed by atoms with E-state index in [-0.39, 0.29) is 30.0 Å². The molecule has 0 atom stereocenters. The zero-order valence-electron chi connectivity index (χ0n) is 10.3. The summed E-state index contributed by atoms with van der Waals surface area (Å²) in [5, 5.41) is 11.1. The van der Waals surface area contributed by atoms with E-state index in [1.807, 2.05) is 0 Å². The minimum absolute atomic E-state index is 0.0533. The van der Waals surface area contributed by atoms with Crippen LogP contribution in [-0.4, -0.2) is 38.6 Å². The molecule has 0 bridgehead atoms. The molecule has 0 unspecified atom stereocenters. The van der Waals surface area contributed by atoms with Crippen LogP contribution in [0, 0.1) is 0 Å². The second-order valence-corrected chi connectivity index (χ2v) is 6.11. The van der Waals surface area contributed by atoms with Crippen molar-refractivity contribution >= 4 is 15.9 Å². The fraction of sp³-hybridized carbons (Fsp3) is 0.417. The monoisotopic (exact) mass is 284 g/mol. The average molecular weight is 284 g/mol. The van der Waals surface area contributed by atoms with Gasteiger partial charge in [-0.05, 0) is 37.1 Å². The summed E-state index contributed by atoms with van der Waals surface area (Å²) in [4.78, 5) is 11.7. The standard InChI is InChI=1S/C12H16N2O4S/c15-8-7-13-12(16)9-1-5-11(6-2-9)19(17,18)14-10-3-4-10/h1-2,5-6,10,14-15H,3-4,7-8H2,(H,13,16). The highest BCUT2D eigenvalue weighted by Gasteiger charge is 2.27. The third kappa shape index (κ3) is 3.76. The Morgan fingerprint density at radius 3 is 2.42 bits per heavy atom. The molecule has 1 aliphatic rings. The van der Waals surface area contributed by atoms with Crippen LogP contribution in [0.2, 0.25) is 0 Å². The normalized spacial score (nSPS) is 15.2. The molecular formula is C12H16N2O4S. The maximum Gasteiger partial charge on any atom is 0.251 e. The van der Waals surface area contributed by atoms with Crippen LogP contribution in [0.25, 0.3) is 0 Å². The zero-order chi connectivity index (χ0) is 13.9. The van der Waals surface area contributed by atoms with Gasteiger partial charge in [0, 0.05) is 18.2 Å². The molecule has 7 heteroatoms. The third-order valence-electron chi connectivity index (χ3n) is 2.72. The summed E-state index contributed by atoms with van der Waals surface area (Å²) in [7, 11) is -3.48. The quantitative estimate of drug-likeness (QED) is 0.677. The van der Waals surface area contributed by atoms with E-state index in [0.29, 0.717) is 5.56 Å². The number of hydrogen-bond acceptors (Lipinski definition) is 4. The molecule has 1 aromatic carbocycles. The van der Waals surface area contributed by atoms with Crippen molar-refractivity contribution in [2.75, 3.05) is 13.2 Å². The molecule has 6 nitrogen and oxygen atoms in total. The maximum atomic E-state index is 11.9. The van der Waals surface area contributed by atoms with Crippen molar-refractivity contribution < 1.29 is 18.3 Å². The highest BCUT2D eigenvalue weighted by Crippen LogP contribution is 2.22. The SMILES string of the molecule is O=C(NCCO)c1ccc(S(=O)(=O)NC2CC2)cc1. The van der Waals surface area contributed by atoms with Gasteiger partial charge in [0.1, 0.15) is 0 Å². The summed E-state index contributed by atoms with van der Waals surface area (Å²) < 4.78 is 26.4. The van der Waals surface area contributed by atoms with Gasteiger partial charge in [-0.25, -0.2) is 13.1 Å². The van der Waals surface area contributed by atoms with Crippen molar-refractivity contribution in [3.8, 4) is 0 Å². The number of rotatable bonds is 6. The van der Waals surface area contributed by atoms with Crippen molar-refractivity contribution in [1.29, 1.82) is 0 Å². The molecule has 0 aromatic heterocycles. The Bertz CT molecular complexity index is 550. The second-order valence-electron chi connectivity index (χ2n) is 4.40. The summed E-state index contributed by atoms with van der Waals surface area (Å²) in [5.41, 5.74) is 0.360. The van der Waals surface area contributed by atoms with E-state index in [1.165, 1.54) is 24.3 Å². The first-order valence-electron chi connectivity index (χ1n) is 6.04. The molecule has 0 spiro atoms. The van der Waals surface area contributed by atoms with Gasteiger partial charge in [-0.15, -0.1) is 0 Å². The number of nitrogens with one attached hydrogen (secondary N) is 2. The molecule has 3 N–H and O–H groups in total. The predicted octanol–water partition coefficient (Wildman–Crippen LogP) is -0.151. The van der Waals surface area contributed by atoms with Gasteiger partial charge in [-0.2, -0.15) is 0 Å². The first kappa shape index (κ1) is 14.0. The van der Waals surface area contributed by atoms with Crippen molar-refractivity contribution in [1.82, 2.24) is 10.0 Å². The number of carbonyl (C=O) groups is 1. The van der Waals surface area contributed by atoms with Crippen LogP contribution in [0.5, 0.6) is 0 Å². The van der Waals surface area contributed by atoms with E-state index in [0.717, 1.165) is 12.8 Å². The lowest BCUT2D eigenvalue weighted by atomic mass is 10.2. The number of aliphatic hydroxyl groups excluding tert-OH is 1. The Morgan fingerprint density at radius 2 is 1.89 bits per heavy atom. The summed E-state index contributed by atoms with van der Waals surface area (Å²) in [6.07, 6.45) is 1.75. The Kier molecular flexibility index (Phi) is 4.18. The maximum absolute atomic E-state index is 11.9. The summed E-state index contributed by atoms with van der Waals surface area (Å²) >= 11 is 0. The largest absolute Gasteiger partial charge is 0.395 e. The van der Waals surface area contributed by atoms with Gasteiger partial charge in [-0.1, -0.05) is 0 Å². The van der Waals surface area contributed by atoms with Crippen LogP contribution in [0.4, 0.5) is 0 Å². The second kappa shape index (κ2) is 5.68. The van der Waals surface area contributed by atoms with E-state index in [2.05, 4.69) is 10.0 Å². The Hall–Kier alpha value is -1.44. The molecule has 0 radical (unpaired) electrons. The van der Waals surface area contributed by atoms with Gasteiger partial charge in [-0.3, -0.25) is 4.79 Å². The molecule has 19 heavy (non-hydrogen) atoms. The third-order valence-corrected chi connectivity index (χ3v) is 4.26. The molecule has 104 valence electrons. The van der Waals surface area contributed by atoms with Crippen LogP contribution in [0.15, 0.2) is 29.2 Å². The lowest BCUT2D eigenvalue weighted by Crippen LogP contribution is -2.27. The number of amides is 1. The van der Waals surface area contributed by atoms with Gasteiger partial charge in [0.05, 0.1) is 11.5 Å². The minimum atomic E-state index is -3.48. The van der Waals surface area contributed by atoms with Crippen LogP contribution < -0.4 is 10.0 Å². The fourth-order valence-electron chi connectivity index (χ4n) is 1.55. The Morgan fingerprint density at radius 1 is 1.26 bits per heavy atom. The van der Waals surface area contributed by atoms with Crippen molar-refractivity contribution in [2.45, 2.75) is 23.8 Å².